The number of amides is 1. The zero-order valence-corrected chi connectivity index (χ0v) is 10.7. The fourth-order valence-electron chi connectivity index (χ4n) is 2.85. The van der Waals surface area contributed by atoms with Crippen molar-refractivity contribution < 1.29 is 4.79 Å². The van der Waals surface area contributed by atoms with Gasteiger partial charge in [-0.3, -0.25) is 9.89 Å². The Morgan fingerprint density at radius 3 is 2.80 bits per heavy atom. The first kappa shape index (κ1) is 11.2. The molecule has 1 heterocycles. The molecule has 1 aliphatic rings. The van der Waals surface area contributed by atoms with Crippen LogP contribution in [0.4, 0.5) is 5.69 Å². The Morgan fingerprint density at radius 2 is 2.00 bits per heavy atom. The monoisotopic (exact) mass is 264 g/mol. The number of nitrogens with one attached hydrogen (secondary N) is 2. The van der Waals surface area contributed by atoms with Crippen LogP contribution in [0.25, 0.3) is 10.8 Å². The maximum Gasteiger partial charge on any atom is 0.292 e. The molecule has 0 saturated carbocycles. The van der Waals surface area contributed by atoms with E-state index in [1.807, 2.05) is 18.2 Å². The van der Waals surface area contributed by atoms with E-state index < -0.39 is 0 Å². The highest BCUT2D eigenvalue weighted by Gasteiger charge is 2.17. The Labute approximate surface area is 115 Å². The zero-order chi connectivity index (χ0) is 13.5. The van der Waals surface area contributed by atoms with Crippen LogP contribution in [0.1, 0.15) is 21.7 Å². The highest BCUT2D eigenvalue weighted by molar-refractivity contribution is 6.08. The Kier molecular flexibility index (Phi) is 2.32. The molecule has 2 aromatic carbocycles. The molecule has 5 nitrogen and oxygen atoms in total. The maximum absolute atomic E-state index is 12.1. The van der Waals surface area contributed by atoms with E-state index in [2.05, 4.69) is 32.6 Å². The molecule has 1 amide bonds. The number of benzene rings is 2. The number of carbonyl (C=O) groups excluding carboxylic acids is 1. The predicted molar refractivity (Wildman–Crippen MR) is 75.7 cm³/mol. The van der Waals surface area contributed by atoms with Gasteiger partial charge in [0.25, 0.3) is 5.91 Å². The Balaban J connectivity index is 1.80. The van der Waals surface area contributed by atoms with Gasteiger partial charge >= 0.3 is 0 Å². The van der Waals surface area contributed by atoms with Gasteiger partial charge in [0, 0.05) is 11.1 Å². The fraction of sp³-hybridized carbons (Fsp3) is 0.133. The van der Waals surface area contributed by atoms with Crippen LogP contribution in [0.15, 0.2) is 36.7 Å². The van der Waals surface area contributed by atoms with Gasteiger partial charge in [-0.1, -0.05) is 24.3 Å². The summed E-state index contributed by atoms with van der Waals surface area (Å²) in [5.74, 6) is -0.0607. The maximum atomic E-state index is 12.1. The number of rotatable bonds is 2. The molecule has 0 saturated heterocycles. The van der Waals surface area contributed by atoms with Crippen molar-refractivity contribution in [3.05, 3.63) is 53.6 Å². The summed E-state index contributed by atoms with van der Waals surface area (Å²) in [7, 11) is 0. The molecule has 0 fully saturated rings. The summed E-state index contributed by atoms with van der Waals surface area (Å²) in [6, 6.07) is 10.3. The summed E-state index contributed by atoms with van der Waals surface area (Å²) in [5, 5.41) is 11.5. The Hall–Kier alpha value is -2.69. The first-order valence-electron chi connectivity index (χ1n) is 6.53. The Morgan fingerprint density at radius 1 is 1.15 bits per heavy atom. The average molecular weight is 264 g/mol. The van der Waals surface area contributed by atoms with Gasteiger partial charge in [0.15, 0.2) is 0 Å². The van der Waals surface area contributed by atoms with Crippen molar-refractivity contribution in [2.75, 3.05) is 5.32 Å². The standard InChI is InChI=1S/C15H12N4O/c20-15(14-16-8-17-19-14)18-12-7-6-10-5-4-9-2-1-3-11(12)13(9)10/h1-3,6-8H,4-5H2,(H,18,20)(H,16,17,19). The van der Waals surface area contributed by atoms with Gasteiger partial charge in [-0.2, -0.15) is 5.10 Å². The SMILES string of the molecule is O=C(Nc1ccc2c3c(cccc13)CC2)c1ncn[nH]1. The molecule has 4 rings (SSSR count). The highest BCUT2D eigenvalue weighted by Crippen LogP contribution is 2.34. The first-order chi connectivity index (χ1) is 9.83. The van der Waals surface area contributed by atoms with Crippen LogP contribution in [0.5, 0.6) is 0 Å². The van der Waals surface area contributed by atoms with Crippen LogP contribution >= 0.6 is 0 Å². The number of anilines is 1. The lowest BCUT2D eigenvalue weighted by atomic mass is 10.0. The average Bonchev–Trinajstić information content (AvgIpc) is 3.12. The van der Waals surface area contributed by atoms with E-state index in [9.17, 15) is 4.79 Å². The van der Waals surface area contributed by atoms with E-state index in [4.69, 9.17) is 0 Å². The molecule has 0 aliphatic heterocycles. The summed E-state index contributed by atoms with van der Waals surface area (Å²) in [4.78, 5) is 15.9. The van der Waals surface area contributed by atoms with Crippen LogP contribution in [-0.4, -0.2) is 21.1 Å². The molecular formula is C15H12N4O. The lowest BCUT2D eigenvalue weighted by Crippen LogP contribution is -2.14. The van der Waals surface area contributed by atoms with Crippen molar-refractivity contribution in [1.82, 2.24) is 15.2 Å². The van der Waals surface area contributed by atoms with E-state index in [0.717, 1.165) is 23.9 Å². The van der Waals surface area contributed by atoms with Gasteiger partial charge in [-0.15, -0.1) is 0 Å². The molecule has 2 N–H and O–H groups in total. The number of aromatic nitrogens is 3. The number of hydrogen-bond donors (Lipinski definition) is 2. The van der Waals surface area contributed by atoms with Crippen LogP contribution in [-0.2, 0) is 12.8 Å². The number of nitrogens with zero attached hydrogens (tertiary/aromatic N) is 2. The fourth-order valence-corrected chi connectivity index (χ4v) is 2.85. The van der Waals surface area contributed by atoms with Crippen LogP contribution in [0, 0.1) is 0 Å². The minimum Gasteiger partial charge on any atom is -0.319 e. The van der Waals surface area contributed by atoms with Crippen LogP contribution in [0.3, 0.4) is 0 Å². The molecular weight excluding hydrogens is 252 g/mol. The van der Waals surface area contributed by atoms with E-state index in [1.165, 1.54) is 22.8 Å². The molecule has 20 heavy (non-hydrogen) atoms. The second-order valence-electron chi connectivity index (χ2n) is 4.90. The van der Waals surface area contributed by atoms with Crippen molar-refractivity contribution in [3.8, 4) is 0 Å². The molecule has 0 bridgehead atoms. The van der Waals surface area contributed by atoms with Gasteiger partial charge in [0.1, 0.15) is 6.33 Å². The third-order valence-electron chi connectivity index (χ3n) is 3.76. The molecule has 98 valence electrons. The lowest BCUT2D eigenvalue weighted by Gasteiger charge is -2.09. The van der Waals surface area contributed by atoms with Crippen molar-refractivity contribution in [2.24, 2.45) is 0 Å². The van der Waals surface area contributed by atoms with Crippen molar-refractivity contribution in [1.29, 1.82) is 0 Å². The van der Waals surface area contributed by atoms with Gasteiger partial charge in [-0.05, 0) is 35.4 Å². The number of H-pyrrole nitrogens is 1. The van der Waals surface area contributed by atoms with Crippen molar-refractivity contribution in [2.45, 2.75) is 12.8 Å². The number of carbonyl (C=O) groups is 1. The largest absolute Gasteiger partial charge is 0.319 e. The minimum atomic E-state index is -0.277. The van der Waals surface area contributed by atoms with Crippen molar-refractivity contribution >= 4 is 22.4 Å². The quantitative estimate of drug-likeness (QED) is 0.746. The molecule has 3 aromatic rings. The topological polar surface area (TPSA) is 70.7 Å². The number of aromatic amines is 1. The first-order valence-corrected chi connectivity index (χ1v) is 6.53. The lowest BCUT2D eigenvalue weighted by molar-refractivity contribution is 0.101. The zero-order valence-electron chi connectivity index (χ0n) is 10.7. The molecule has 0 radical (unpaired) electrons. The number of hydrogen-bond acceptors (Lipinski definition) is 3. The van der Waals surface area contributed by atoms with E-state index >= 15 is 0 Å². The third kappa shape index (κ3) is 1.60. The van der Waals surface area contributed by atoms with Gasteiger partial charge < -0.3 is 5.32 Å². The van der Waals surface area contributed by atoms with Gasteiger partial charge in [0.2, 0.25) is 5.82 Å². The van der Waals surface area contributed by atoms with E-state index in [1.54, 1.807) is 0 Å². The highest BCUT2D eigenvalue weighted by atomic mass is 16.2. The number of aryl methyl sites for hydroxylation is 2. The van der Waals surface area contributed by atoms with Crippen molar-refractivity contribution in [3.63, 3.8) is 0 Å². The molecule has 1 aliphatic carbocycles. The molecule has 5 heteroatoms. The smallest absolute Gasteiger partial charge is 0.292 e. The minimum absolute atomic E-state index is 0.216. The molecule has 0 unspecified atom stereocenters. The molecule has 0 atom stereocenters. The second-order valence-corrected chi connectivity index (χ2v) is 4.90. The van der Waals surface area contributed by atoms with Crippen LogP contribution < -0.4 is 5.32 Å². The summed E-state index contributed by atoms with van der Waals surface area (Å²) >= 11 is 0. The second kappa shape index (κ2) is 4.16. The predicted octanol–water partition coefficient (Wildman–Crippen LogP) is 2.31. The van der Waals surface area contributed by atoms with Crippen LogP contribution in [0.2, 0.25) is 0 Å². The van der Waals surface area contributed by atoms with E-state index in [0.29, 0.717) is 0 Å². The summed E-state index contributed by atoms with van der Waals surface area (Å²) < 4.78 is 0. The summed E-state index contributed by atoms with van der Waals surface area (Å²) in [6.45, 7) is 0. The van der Waals surface area contributed by atoms with Gasteiger partial charge in [-0.25, -0.2) is 4.98 Å². The molecule has 1 aromatic heterocycles. The van der Waals surface area contributed by atoms with Gasteiger partial charge in [0.05, 0.1) is 0 Å². The third-order valence-corrected chi connectivity index (χ3v) is 3.76. The summed E-state index contributed by atoms with van der Waals surface area (Å²) in [6.07, 6.45) is 3.47. The normalized spacial score (nSPS) is 12.8. The molecule has 0 spiro atoms. The van der Waals surface area contributed by atoms with E-state index in [-0.39, 0.29) is 11.7 Å². The summed E-state index contributed by atoms with van der Waals surface area (Å²) in [5.41, 5.74) is 3.52. The Bertz CT molecular complexity index is 798.